The van der Waals surface area contributed by atoms with E-state index in [-0.39, 0.29) is 0 Å². The van der Waals surface area contributed by atoms with Crippen LogP contribution in [0.25, 0.3) is 0 Å². The first-order chi connectivity index (χ1) is 8.86. The summed E-state index contributed by atoms with van der Waals surface area (Å²) in [4.78, 5) is 2.79. The minimum Gasteiger partial charge on any atom is -0.312 e. The van der Waals surface area contributed by atoms with Crippen LogP contribution < -0.4 is 5.32 Å². The molecule has 1 aliphatic heterocycles. The van der Waals surface area contributed by atoms with Crippen LogP contribution in [-0.4, -0.2) is 36.6 Å². The van der Waals surface area contributed by atoms with Gasteiger partial charge in [-0.3, -0.25) is 4.90 Å². The molecule has 2 nitrogen and oxygen atoms in total. The Morgan fingerprint density at radius 1 is 1.00 bits per heavy atom. The predicted molar refractivity (Wildman–Crippen MR) is 78.9 cm³/mol. The highest BCUT2D eigenvalue weighted by Crippen LogP contribution is 2.32. The van der Waals surface area contributed by atoms with E-state index < -0.39 is 0 Å². The van der Waals surface area contributed by atoms with E-state index in [4.69, 9.17) is 0 Å². The summed E-state index contributed by atoms with van der Waals surface area (Å²) < 4.78 is 0. The normalized spacial score (nSPS) is 34.0. The highest BCUT2D eigenvalue weighted by Gasteiger charge is 2.36. The molecule has 3 atom stereocenters. The zero-order valence-electron chi connectivity index (χ0n) is 12.5. The molecular weight excluding hydrogens is 220 g/mol. The van der Waals surface area contributed by atoms with Gasteiger partial charge in [0.05, 0.1) is 0 Å². The summed E-state index contributed by atoms with van der Waals surface area (Å²) in [5.74, 6) is 0.931. The van der Waals surface area contributed by atoms with Gasteiger partial charge in [-0.2, -0.15) is 0 Å². The van der Waals surface area contributed by atoms with Crippen LogP contribution in [0.15, 0.2) is 0 Å². The molecule has 1 heterocycles. The Bertz CT molecular complexity index is 221. The minimum atomic E-state index is 0.775. The van der Waals surface area contributed by atoms with E-state index in [1.54, 1.807) is 0 Å². The molecule has 18 heavy (non-hydrogen) atoms. The third-order valence-electron chi connectivity index (χ3n) is 4.90. The summed E-state index contributed by atoms with van der Waals surface area (Å²) in [5.41, 5.74) is 0. The number of nitrogens with zero attached hydrogens (tertiary/aromatic N) is 1. The van der Waals surface area contributed by atoms with Gasteiger partial charge in [-0.15, -0.1) is 0 Å². The largest absolute Gasteiger partial charge is 0.312 e. The second-order valence-corrected chi connectivity index (χ2v) is 6.27. The molecule has 2 heteroatoms. The van der Waals surface area contributed by atoms with Crippen LogP contribution >= 0.6 is 0 Å². The van der Waals surface area contributed by atoms with Crippen LogP contribution in [0.5, 0.6) is 0 Å². The number of nitrogens with one attached hydrogen (secondary N) is 1. The van der Waals surface area contributed by atoms with Gasteiger partial charge in [-0.1, -0.05) is 26.7 Å². The quantitative estimate of drug-likeness (QED) is 0.779. The molecule has 3 unspecified atom stereocenters. The Kier molecular flexibility index (Phi) is 5.97. The third kappa shape index (κ3) is 3.48. The highest BCUT2D eigenvalue weighted by molar-refractivity contribution is 4.94. The first-order valence-corrected chi connectivity index (χ1v) is 8.34. The van der Waals surface area contributed by atoms with Gasteiger partial charge >= 0.3 is 0 Å². The summed E-state index contributed by atoms with van der Waals surface area (Å²) in [7, 11) is 0. The van der Waals surface area contributed by atoms with E-state index in [1.165, 1.54) is 71.0 Å². The molecule has 0 aromatic carbocycles. The maximum Gasteiger partial charge on any atom is 0.0252 e. The van der Waals surface area contributed by atoms with Crippen molar-refractivity contribution >= 4 is 0 Å². The second kappa shape index (κ2) is 7.49. The van der Waals surface area contributed by atoms with Gasteiger partial charge in [0.2, 0.25) is 0 Å². The van der Waals surface area contributed by atoms with Crippen molar-refractivity contribution < 1.29 is 0 Å². The SMILES string of the molecule is CCCNC1C(CCC)CCCC1N1CCCC1. The van der Waals surface area contributed by atoms with Gasteiger partial charge in [0.25, 0.3) is 0 Å². The van der Waals surface area contributed by atoms with Crippen molar-refractivity contribution in [2.24, 2.45) is 5.92 Å². The fourth-order valence-electron chi connectivity index (χ4n) is 4.05. The molecule has 106 valence electrons. The summed E-state index contributed by atoms with van der Waals surface area (Å²) in [6.07, 6.45) is 11.2. The van der Waals surface area contributed by atoms with Gasteiger partial charge in [0.1, 0.15) is 0 Å². The van der Waals surface area contributed by atoms with Gasteiger partial charge in [-0.25, -0.2) is 0 Å². The van der Waals surface area contributed by atoms with Crippen LogP contribution in [0.4, 0.5) is 0 Å². The molecule has 2 aliphatic rings. The average molecular weight is 252 g/mol. The van der Waals surface area contributed by atoms with Crippen molar-refractivity contribution in [3.8, 4) is 0 Å². The van der Waals surface area contributed by atoms with Gasteiger partial charge < -0.3 is 5.32 Å². The predicted octanol–water partition coefficient (Wildman–Crippen LogP) is 3.42. The van der Waals surface area contributed by atoms with E-state index in [0.29, 0.717) is 0 Å². The highest BCUT2D eigenvalue weighted by atomic mass is 15.2. The van der Waals surface area contributed by atoms with Crippen molar-refractivity contribution in [3.05, 3.63) is 0 Å². The van der Waals surface area contributed by atoms with Crippen molar-refractivity contribution in [2.75, 3.05) is 19.6 Å². The molecule has 1 saturated heterocycles. The molecule has 2 rings (SSSR count). The van der Waals surface area contributed by atoms with Gasteiger partial charge in [-0.05, 0) is 64.1 Å². The van der Waals surface area contributed by atoms with Crippen LogP contribution in [0, 0.1) is 5.92 Å². The van der Waals surface area contributed by atoms with E-state index >= 15 is 0 Å². The average Bonchev–Trinajstić information content (AvgIpc) is 2.91. The molecule has 0 amide bonds. The van der Waals surface area contributed by atoms with Gasteiger partial charge in [0.15, 0.2) is 0 Å². The van der Waals surface area contributed by atoms with E-state index in [9.17, 15) is 0 Å². The molecule has 0 radical (unpaired) electrons. The van der Waals surface area contributed by atoms with Crippen LogP contribution in [0.3, 0.4) is 0 Å². The topological polar surface area (TPSA) is 15.3 Å². The molecular formula is C16H32N2. The maximum absolute atomic E-state index is 3.89. The Balaban J connectivity index is 1.98. The summed E-state index contributed by atoms with van der Waals surface area (Å²) >= 11 is 0. The smallest absolute Gasteiger partial charge is 0.0252 e. The summed E-state index contributed by atoms with van der Waals surface area (Å²) in [5, 5.41) is 3.89. The molecule has 0 aromatic rings. The maximum atomic E-state index is 3.89. The molecule has 0 spiro atoms. The Morgan fingerprint density at radius 3 is 2.44 bits per heavy atom. The van der Waals surface area contributed by atoms with Crippen molar-refractivity contribution in [3.63, 3.8) is 0 Å². The molecule has 1 N–H and O–H groups in total. The minimum absolute atomic E-state index is 0.775. The van der Waals surface area contributed by atoms with E-state index in [0.717, 1.165) is 18.0 Å². The lowest BCUT2D eigenvalue weighted by atomic mass is 9.78. The lowest BCUT2D eigenvalue weighted by Crippen LogP contribution is -2.55. The lowest BCUT2D eigenvalue weighted by molar-refractivity contribution is 0.104. The molecule has 0 bridgehead atoms. The monoisotopic (exact) mass is 252 g/mol. The van der Waals surface area contributed by atoms with Crippen molar-refractivity contribution in [1.29, 1.82) is 0 Å². The van der Waals surface area contributed by atoms with E-state index in [2.05, 4.69) is 24.1 Å². The lowest BCUT2D eigenvalue weighted by Gasteiger charge is -2.43. The van der Waals surface area contributed by atoms with Crippen molar-refractivity contribution in [1.82, 2.24) is 10.2 Å². The molecule has 1 aliphatic carbocycles. The Morgan fingerprint density at radius 2 is 1.78 bits per heavy atom. The fraction of sp³-hybridized carbons (Fsp3) is 1.00. The van der Waals surface area contributed by atoms with E-state index in [1.807, 2.05) is 0 Å². The number of hydrogen-bond acceptors (Lipinski definition) is 2. The Labute approximate surface area is 114 Å². The second-order valence-electron chi connectivity index (χ2n) is 6.27. The van der Waals surface area contributed by atoms with Crippen LogP contribution in [0.2, 0.25) is 0 Å². The number of hydrogen-bond donors (Lipinski definition) is 1. The van der Waals surface area contributed by atoms with Crippen LogP contribution in [-0.2, 0) is 0 Å². The van der Waals surface area contributed by atoms with Gasteiger partial charge in [0, 0.05) is 12.1 Å². The standard InChI is InChI=1S/C16H32N2/c1-3-8-14-9-7-10-15(16(14)17-11-4-2)18-12-5-6-13-18/h14-17H,3-13H2,1-2H3. The third-order valence-corrected chi connectivity index (χ3v) is 4.90. The zero-order valence-corrected chi connectivity index (χ0v) is 12.5. The number of rotatable bonds is 6. The Hall–Kier alpha value is -0.0800. The first-order valence-electron chi connectivity index (χ1n) is 8.34. The fourth-order valence-corrected chi connectivity index (χ4v) is 4.05. The summed E-state index contributed by atoms with van der Waals surface area (Å²) in [6, 6.07) is 1.61. The number of likely N-dealkylation sites (tertiary alicyclic amines) is 1. The molecule has 0 aromatic heterocycles. The van der Waals surface area contributed by atoms with Crippen LogP contribution in [0.1, 0.15) is 65.2 Å². The van der Waals surface area contributed by atoms with Crippen molar-refractivity contribution in [2.45, 2.75) is 77.3 Å². The summed E-state index contributed by atoms with van der Waals surface area (Å²) in [6.45, 7) is 8.54. The molecule has 1 saturated carbocycles. The zero-order chi connectivity index (χ0) is 12.8. The molecule has 2 fully saturated rings. The first kappa shape index (κ1) is 14.3.